The molecule has 2 N–H and O–H groups in total. The van der Waals surface area contributed by atoms with Crippen LogP contribution >= 0.6 is 0 Å². The van der Waals surface area contributed by atoms with Gasteiger partial charge < -0.3 is 15.3 Å². The lowest BCUT2D eigenvalue weighted by Gasteiger charge is -2.44. The third kappa shape index (κ3) is 4.19. The zero-order valence-corrected chi connectivity index (χ0v) is 13.0. The van der Waals surface area contributed by atoms with Crippen LogP contribution in [0.1, 0.15) is 58.8 Å². The molecular formula is C16H30N2O2. The number of nitrogens with one attached hydrogen (secondary N) is 1. The molecule has 4 heteroatoms. The molecule has 4 nitrogen and oxygen atoms in total. The molecule has 0 bridgehead atoms. The molecular weight excluding hydrogens is 252 g/mol. The summed E-state index contributed by atoms with van der Waals surface area (Å²) in [5.74, 6) is 0.162. The van der Waals surface area contributed by atoms with Crippen molar-refractivity contribution in [1.29, 1.82) is 0 Å². The van der Waals surface area contributed by atoms with Crippen molar-refractivity contribution in [2.75, 3.05) is 13.1 Å². The minimum atomic E-state index is -0.712. The number of aliphatic carboxylic acids is 1. The van der Waals surface area contributed by atoms with E-state index in [0.717, 1.165) is 31.5 Å². The number of likely N-dealkylation sites (tertiary alicyclic amines) is 1. The van der Waals surface area contributed by atoms with Crippen LogP contribution in [0.3, 0.4) is 0 Å². The lowest BCUT2D eigenvalue weighted by molar-refractivity contribution is -0.140. The molecule has 1 heterocycles. The summed E-state index contributed by atoms with van der Waals surface area (Å²) in [6, 6.07) is 0.546. The SMILES string of the molecule is CC(C)NC(CCN1CCC[C@H]2CCCC[C@H]21)C(=O)O. The number of hydrogen-bond donors (Lipinski definition) is 2. The molecule has 2 fully saturated rings. The summed E-state index contributed by atoms with van der Waals surface area (Å²) < 4.78 is 0. The first-order valence-corrected chi connectivity index (χ1v) is 8.31. The van der Waals surface area contributed by atoms with Crippen LogP contribution in [0, 0.1) is 5.92 Å². The lowest BCUT2D eigenvalue weighted by Crippen LogP contribution is -2.49. The van der Waals surface area contributed by atoms with Gasteiger partial charge in [0.05, 0.1) is 0 Å². The summed E-state index contributed by atoms with van der Waals surface area (Å²) >= 11 is 0. The first-order chi connectivity index (χ1) is 9.58. The van der Waals surface area contributed by atoms with Crippen molar-refractivity contribution >= 4 is 5.97 Å². The summed E-state index contributed by atoms with van der Waals surface area (Å²) in [5, 5.41) is 12.5. The maximum Gasteiger partial charge on any atom is 0.320 e. The molecule has 1 saturated heterocycles. The number of rotatable bonds is 6. The van der Waals surface area contributed by atoms with Gasteiger partial charge in [-0.1, -0.05) is 26.7 Å². The monoisotopic (exact) mass is 282 g/mol. The van der Waals surface area contributed by atoms with E-state index in [0.29, 0.717) is 0 Å². The normalized spacial score (nSPS) is 29.1. The fraction of sp³-hybridized carbons (Fsp3) is 0.938. The van der Waals surface area contributed by atoms with E-state index in [1.54, 1.807) is 0 Å². The fourth-order valence-electron chi connectivity index (χ4n) is 3.98. The largest absolute Gasteiger partial charge is 0.480 e. The molecule has 2 rings (SSSR count). The summed E-state index contributed by atoms with van der Waals surface area (Å²) in [7, 11) is 0. The highest BCUT2D eigenvalue weighted by Gasteiger charge is 2.33. The minimum absolute atomic E-state index is 0.222. The number of carboxylic acids is 1. The van der Waals surface area contributed by atoms with Gasteiger partial charge in [0.1, 0.15) is 6.04 Å². The van der Waals surface area contributed by atoms with Gasteiger partial charge in [-0.25, -0.2) is 0 Å². The van der Waals surface area contributed by atoms with Crippen LogP contribution in [-0.4, -0.2) is 47.2 Å². The average molecular weight is 282 g/mol. The van der Waals surface area contributed by atoms with Crippen LogP contribution in [0.2, 0.25) is 0 Å². The maximum atomic E-state index is 11.3. The Bertz CT molecular complexity index is 318. The van der Waals surface area contributed by atoms with Gasteiger partial charge >= 0.3 is 5.97 Å². The Kier molecular flexibility index (Phi) is 5.85. The predicted molar refractivity (Wildman–Crippen MR) is 80.9 cm³/mol. The van der Waals surface area contributed by atoms with Gasteiger partial charge in [0.15, 0.2) is 0 Å². The van der Waals surface area contributed by atoms with Crippen molar-refractivity contribution in [2.24, 2.45) is 5.92 Å². The zero-order valence-electron chi connectivity index (χ0n) is 13.0. The second-order valence-electron chi connectivity index (χ2n) is 6.79. The predicted octanol–water partition coefficient (Wildman–Crippen LogP) is 2.48. The average Bonchev–Trinajstić information content (AvgIpc) is 2.42. The van der Waals surface area contributed by atoms with Gasteiger partial charge in [-0.3, -0.25) is 4.79 Å². The van der Waals surface area contributed by atoms with E-state index in [2.05, 4.69) is 10.2 Å². The number of fused-ring (bicyclic) bond motifs is 1. The molecule has 20 heavy (non-hydrogen) atoms. The molecule has 1 aliphatic heterocycles. The first kappa shape index (κ1) is 15.8. The van der Waals surface area contributed by atoms with Crippen molar-refractivity contribution in [3.05, 3.63) is 0 Å². The number of piperidine rings is 1. The molecule has 0 aromatic carbocycles. The Morgan fingerprint density at radius 2 is 1.95 bits per heavy atom. The molecule has 1 aliphatic carbocycles. The molecule has 0 spiro atoms. The van der Waals surface area contributed by atoms with E-state index in [1.165, 1.54) is 38.5 Å². The lowest BCUT2D eigenvalue weighted by atomic mass is 9.78. The van der Waals surface area contributed by atoms with Crippen molar-refractivity contribution in [3.63, 3.8) is 0 Å². The Balaban J connectivity index is 1.86. The van der Waals surface area contributed by atoms with Crippen molar-refractivity contribution in [3.8, 4) is 0 Å². The molecule has 0 aromatic rings. The highest BCUT2D eigenvalue weighted by atomic mass is 16.4. The molecule has 0 aromatic heterocycles. The maximum absolute atomic E-state index is 11.3. The van der Waals surface area contributed by atoms with Gasteiger partial charge in [-0.2, -0.15) is 0 Å². The zero-order chi connectivity index (χ0) is 14.5. The number of carboxylic acid groups (broad SMARTS) is 1. The van der Waals surface area contributed by atoms with E-state index in [-0.39, 0.29) is 6.04 Å². The van der Waals surface area contributed by atoms with Crippen LogP contribution in [0.4, 0.5) is 0 Å². The van der Waals surface area contributed by atoms with E-state index in [9.17, 15) is 9.90 Å². The molecule has 116 valence electrons. The van der Waals surface area contributed by atoms with E-state index < -0.39 is 12.0 Å². The summed E-state index contributed by atoms with van der Waals surface area (Å²) in [6.07, 6.45) is 8.83. The summed E-state index contributed by atoms with van der Waals surface area (Å²) in [4.78, 5) is 13.9. The third-order valence-electron chi connectivity index (χ3n) is 4.90. The minimum Gasteiger partial charge on any atom is -0.480 e. The number of carbonyl (C=O) groups is 1. The van der Waals surface area contributed by atoms with Crippen molar-refractivity contribution in [2.45, 2.75) is 76.9 Å². The second kappa shape index (κ2) is 7.41. The highest BCUT2D eigenvalue weighted by molar-refractivity contribution is 5.73. The van der Waals surface area contributed by atoms with Crippen LogP contribution < -0.4 is 5.32 Å². The fourth-order valence-corrected chi connectivity index (χ4v) is 3.98. The van der Waals surface area contributed by atoms with Crippen LogP contribution in [0.25, 0.3) is 0 Å². The van der Waals surface area contributed by atoms with E-state index in [4.69, 9.17) is 0 Å². The first-order valence-electron chi connectivity index (χ1n) is 8.31. The highest BCUT2D eigenvalue weighted by Crippen LogP contribution is 2.35. The quantitative estimate of drug-likeness (QED) is 0.786. The van der Waals surface area contributed by atoms with Gasteiger partial charge in [0.2, 0.25) is 0 Å². The van der Waals surface area contributed by atoms with Crippen molar-refractivity contribution < 1.29 is 9.90 Å². The Morgan fingerprint density at radius 3 is 2.65 bits per heavy atom. The van der Waals surface area contributed by atoms with Crippen LogP contribution in [-0.2, 0) is 4.79 Å². The number of hydrogen-bond acceptors (Lipinski definition) is 3. The number of nitrogens with zero attached hydrogens (tertiary/aromatic N) is 1. The molecule has 1 unspecified atom stereocenters. The van der Waals surface area contributed by atoms with Gasteiger partial charge in [0, 0.05) is 18.6 Å². The van der Waals surface area contributed by atoms with E-state index >= 15 is 0 Å². The summed E-state index contributed by atoms with van der Waals surface area (Å²) in [5.41, 5.74) is 0. The summed E-state index contributed by atoms with van der Waals surface area (Å²) in [6.45, 7) is 6.11. The second-order valence-corrected chi connectivity index (χ2v) is 6.79. The Morgan fingerprint density at radius 1 is 1.25 bits per heavy atom. The Labute approximate surface area is 122 Å². The molecule has 2 aliphatic rings. The van der Waals surface area contributed by atoms with Gasteiger partial charge in [0.25, 0.3) is 0 Å². The smallest absolute Gasteiger partial charge is 0.320 e. The van der Waals surface area contributed by atoms with E-state index in [1.807, 2.05) is 13.8 Å². The standard InChI is InChI=1S/C16H30N2O2/c1-12(2)17-14(16(19)20)9-11-18-10-5-7-13-6-3-4-8-15(13)18/h12-15,17H,3-11H2,1-2H3,(H,19,20)/t13-,14?,15-/m1/s1. The van der Waals surface area contributed by atoms with Gasteiger partial charge in [-0.05, 0) is 44.6 Å². The van der Waals surface area contributed by atoms with Crippen LogP contribution in [0.5, 0.6) is 0 Å². The van der Waals surface area contributed by atoms with Gasteiger partial charge in [-0.15, -0.1) is 0 Å². The van der Waals surface area contributed by atoms with Crippen molar-refractivity contribution in [1.82, 2.24) is 10.2 Å². The van der Waals surface area contributed by atoms with Crippen LogP contribution in [0.15, 0.2) is 0 Å². The molecule has 1 saturated carbocycles. The molecule has 0 radical (unpaired) electrons. The molecule has 3 atom stereocenters. The topological polar surface area (TPSA) is 52.6 Å². The Hall–Kier alpha value is -0.610. The third-order valence-corrected chi connectivity index (χ3v) is 4.90. The molecule has 0 amide bonds.